The number of nitrogens with zero attached hydrogens (tertiary/aromatic N) is 2. The lowest BCUT2D eigenvalue weighted by Gasteiger charge is -2.38. The van der Waals surface area contributed by atoms with Gasteiger partial charge in [0, 0.05) is 30.6 Å². The molecule has 3 heterocycles. The lowest BCUT2D eigenvalue weighted by atomic mass is 10.1. The average molecular weight is 437 g/mol. The van der Waals surface area contributed by atoms with Crippen LogP contribution in [-0.2, 0) is 11.2 Å². The maximum absolute atomic E-state index is 12.5. The first-order valence-corrected chi connectivity index (χ1v) is 9.62. The van der Waals surface area contributed by atoms with E-state index in [-0.39, 0.29) is 49.1 Å². The summed E-state index contributed by atoms with van der Waals surface area (Å²) >= 11 is 2.73. The summed E-state index contributed by atoms with van der Waals surface area (Å²) in [5.41, 5.74) is 0.699. The van der Waals surface area contributed by atoms with E-state index in [1.54, 1.807) is 6.07 Å². The van der Waals surface area contributed by atoms with Crippen LogP contribution in [0.15, 0.2) is 22.9 Å². The molecular weight excluding hydrogens is 415 g/mol. The van der Waals surface area contributed by atoms with Crippen molar-refractivity contribution < 1.29 is 9.59 Å². The third-order valence-corrected chi connectivity index (χ3v) is 5.88. The van der Waals surface area contributed by atoms with Crippen LogP contribution in [0.3, 0.4) is 0 Å². The molecule has 6 nitrogen and oxygen atoms in total. The lowest BCUT2D eigenvalue weighted by molar-refractivity contribution is -0.134. The summed E-state index contributed by atoms with van der Waals surface area (Å²) in [4.78, 5) is 31.5. The molecule has 0 saturated carbocycles. The highest BCUT2D eigenvalue weighted by atomic mass is 35.5. The number of carbonyl (C=O) groups excluding carboxylic acids is 2. The molecule has 1 aliphatic heterocycles. The summed E-state index contributed by atoms with van der Waals surface area (Å²) in [6.07, 6.45) is 0.266. The van der Waals surface area contributed by atoms with Gasteiger partial charge in [0.15, 0.2) is 5.13 Å². The number of rotatable bonds is 4. The Labute approximate surface area is 173 Å². The van der Waals surface area contributed by atoms with Gasteiger partial charge in [0.25, 0.3) is 5.91 Å². The number of halogens is 2. The van der Waals surface area contributed by atoms with E-state index in [1.807, 2.05) is 21.7 Å². The van der Waals surface area contributed by atoms with Crippen LogP contribution in [0, 0.1) is 0 Å². The Morgan fingerprint density at radius 1 is 1.35 bits per heavy atom. The molecule has 2 amide bonds. The minimum absolute atomic E-state index is 0. The van der Waals surface area contributed by atoms with E-state index in [0.717, 1.165) is 13.1 Å². The second-order valence-electron chi connectivity index (χ2n) is 5.82. The predicted molar refractivity (Wildman–Crippen MR) is 111 cm³/mol. The highest BCUT2D eigenvalue weighted by Crippen LogP contribution is 2.19. The van der Waals surface area contributed by atoms with Gasteiger partial charge >= 0.3 is 0 Å². The van der Waals surface area contributed by atoms with Crippen LogP contribution in [-0.4, -0.2) is 46.9 Å². The Hall–Kier alpha value is -1.19. The summed E-state index contributed by atoms with van der Waals surface area (Å²) in [7, 11) is 0. The van der Waals surface area contributed by atoms with E-state index < -0.39 is 0 Å². The smallest absolute Gasteiger partial charge is 0.267 e. The molecule has 0 radical (unpaired) electrons. The van der Waals surface area contributed by atoms with Crippen LogP contribution < -0.4 is 10.6 Å². The van der Waals surface area contributed by atoms with Crippen molar-refractivity contribution in [1.29, 1.82) is 0 Å². The van der Waals surface area contributed by atoms with Crippen LogP contribution >= 0.6 is 47.5 Å². The third-order valence-electron chi connectivity index (χ3n) is 4.20. The lowest BCUT2D eigenvalue weighted by Crippen LogP contribution is -2.57. The number of nitrogens with one attached hydrogen (secondary N) is 2. The first kappa shape index (κ1) is 22.9. The Morgan fingerprint density at radius 2 is 2.12 bits per heavy atom. The van der Waals surface area contributed by atoms with Crippen molar-refractivity contribution in [2.75, 3.05) is 18.4 Å². The second-order valence-corrected chi connectivity index (χ2v) is 7.63. The maximum atomic E-state index is 12.5. The van der Waals surface area contributed by atoms with Gasteiger partial charge in [-0.05, 0) is 25.3 Å². The fraction of sp³-hybridized carbons (Fsp3) is 0.438. The standard InChI is InChI=1S/C16H20N4O2S2.2ClH/c1-10-11(2)20(6-5-17-10)14(21)8-12-9-24-16(18-12)19-15(22)13-4-3-7-23-13;;/h3-4,7,9-11,17H,5-6,8H2,1-2H3,(H,18,19,22);2*1H. The third kappa shape index (κ3) is 5.40. The average Bonchev–Trinajstić information content (AvgIpc) is 3.22. The molecular formula is C16H22Cl2N4O2S2. The molecule has 2 aromatic rings. The van der Waals surface area contributed by atoms with Crippen LogP contribution in [0.1, 0.15) is 29.2 Å². The number of piperazine rings is 1. The van der Waals surface area contributed by atoms with Crippen LogP contribution in [0.2, 0.25) is 0 Å². The molecule has 3 rings (SSSR count). The van der Waals surface area contributed by atoms with Crippen molar-refractivity contribution in [3.8, 4) is 0 Å². The van der Waals surface area contributed by atoms with Gasteiger partial charge in [0.1, 0.15) is 0 Å². The molecule has 2 N–H and O–H groups in total. The summed E-state index contributed by atoms with van der Waals surface area (Å²) in [5.74, 6) is -0.0842. The maximum Gasteiger partial charge on any atom is 0.267 e. The number of carbonyl (C=O) groups is 2. The van der Waals surface area contributed by atoms with Crippen LogP contribution in [0.5, 0.6) is 0 Å². The molecule has 0 bridgehead atoms. The fourth-order valence-corrected chi connectivity index (χ4v) is 4.00. The molecule has 1 fully saturated rings. The molecule has 10 heteroatoms. The first-order chi connectivity index (χ1) is 11.5. The molecule has 2 unspecified atom stereocenters. The van der Waals surface area contributed by atoms with Crippen LogP contribution in [0.25, 0.3) is 0 Å². The zero-order valence-corrected chi connectivity index (χ0v) is 17.7. The predicted octanol–water partition coefficient (Wildman–Crippen LogP) is 3.05. The second kappa shape index (κ2) is 10.2. The van der Waals surface area contributed by atoms with E-state index >= 15 is 0 Å². The van der Waals surface area contributed by atoms with Gasteiger partial charge in [-0.25, -0.2) is 4.98 Å². The number of anilines is 1. The molecule has 1 saturated heterocycles. The van der Waals surface area contributed by atoms with Gasteiger partial charge in [0.05, 0.1) is 17.0 Å². The summed E-state index contributed by atoms with van der Waals surface area (Å²) in [6, 6.07) is 4.06. The van der Waals surface area contributed by atoms with Crippen molar-refractivity contribution in [2.45, 2.75) is 32.4 Å². The van der Waals surface area contributed by atoms with Gasteiger partial charge in [-0.1, -0.05) is 6.07 Å². The van der Waals surface area contributed by atoms with Gasteiger partial charge in [0.2, 0.25) is 5.91 Å². The molecule has 2 atom stereocenters. The number of hydrogen-bond donors (Lipinski definition) is 2. The molecule has 0 aliphatic carbocycles. The number of thiazole rings is 1. The fourth-order valence-electron chi connectivity index (χ4n) is 2.68. The zero-order chi connectivity index (χ0) is 17.1. The number of amides is 2. The van der Waals surface area contributed by atoms with Crippen LogP contribution in [0.4, 0.5) is 5.13 Å². The molecule has 26 heavy (non-hydrogen) atoms. The Bertz CT molecular complexity index is 724. The van der Waals surface area contributed by atoms with Gasteiger partial charge in [-0.15, -0.1) is 47.5 Å². The highest BCUT2D eigenvalue weighted by Gasteiger charge is 2.28. The molecule has 1 aliphatic rings. The van der Waals surface area contributed by atoms with Crippen molar-refractivity contribution >= 4 is 64.4 Å². The first-order valence-electron chi connectivity index (χ1n) is 7.86. The van der Waals surface area contributed by atoms with E-state index in [0.29, 0.717) is 21.7 Å². The molecule has 0 spiro atoms. The van der Waals surface area contributed by atoms with Crippen molar-refractivity contribution in [3.05, 3.63) is 33.5 Å². The Morgan fingerprint density at radius 3 is 2.81 bits per heavy atom. The topological polar surface area (TPSA) is 74.3 Å². The minimum atomic E-state index is -0.165. The number of hydrogen-bond acceptors (Lipinski definition) is 6. The normalized spacial score (nSPS) is 19.2. The number of thiophene rings is 1. The largest absolute Gasteiger partial charge is 0.337 e. The van der Waals surface area contributed by atoms with E-state index in [9.17, 15) is 9.59 Å². The van der Waals surface area contributed by atoms with Crippen molar-refractivity contribution in [3.63, 3.8) is 0 Å². The Kier molecular flexibility index (Phi) is 8.99. The summed E-state index contributed by atoms with van der Waals surface area (Å²) < 4.78 is 0. The quantitative estimate of drug-likeness (QED) is 0.771. The zero-order valence-electron chi connectivity index (χ0n) is 14.4. The molecule has 2 aromatic heterocycles. The van der Waals surface area contributed by atoms with E-state index in [1.165, 1.54) is 22.7 Å². The minimum Gasteiger partial charge on any atom is -0.337 e. The monoisotopic (exact) mass is 436 g/mol. The van der Waals surface area contributed by atoms with Crippen molar-refractivity contribution in [2.24, 2.45) is 0 Å². The van der Waals surface area contributed by atoms with E-state index in [2.05, 4.69) is 29.5 Å². The molecule has 0 aromatic carbocycles. The Balaban J connectivity index is 0.00000169. The van der Waals surface area contributed by atoms with E-state index in [4.69, 9.17) is 0 Å². The summed E-state index contributed by atoms with van der Waals surface area (Å²) in [5, 5.41) is 10.4. The molecule has 144 valence electrons. The number of aromatic nitrogens is 1. The van der Waals surface area contributed by atoms with Crippen molar-refractivity contribution in [1.82, 2.24) is 15.2 Å². The highest BCUT2D eigenvalue weighted by molar-refractivity contribution is 7.14. The summed E-state index contributed by atoms with van der Waals surface area (Å²) in [6.45, 7) is 5.68. The van der Waals surface area contributed by atoms with Gasteiger partial charge in [-0.2, -0.15) is 0 Å². The SMILES string of the molecule is CC1NCCN(C(=O)Cc2csc(NC(=O)c3cccs3)n2)C1C.Cl.Cl. The van der Waals surface area contributed by atoms with Gasteiger partial charge in [-0.3, -0.25) is 14.9 Å². The van der Waals surface area contributed by atoms with Gasteiger partial charge < -0.3 is 10.2 Å².